The predicted octanol–water partition coefficient (Wildman–Crippen LogP) is 0.462. The van der Waals surface area contributed by atoms with Crippen molar-refractivity contribution >= 4 is 11.4 Å². The van der Waals surface area contributed by atoms with Gasteiger partial charge in [0.05, 0.1) is 70.4 Å². The zero-order valence-electron chi connectivity index (χ0n) is 31.2. The second kappa shape index (κ2) is 22.4. The van der Waals surface area contributed by atoms with E-state index in [0.717, 1.165) is 22.5 Å². The van der Waals surface area contributed by atoms with Crippen LogP contribution in [0.3, 0.4) is 0 Å². The van der Waals surface area contributed by atoms with E-state index >= 15 is 0 Å². The van der Waals surface area contributed by atoms with E-state index in [1.54, 1.807) is 0 Å². The third-order valence-electron chi connectivity index (χ3n) is 9.16. The number of azo groups is 1. The maximum absolute atomic E-state index is 10.9. The van der Waals surface area contributed by atoms with E-state index in [0.29, 0.717) is 44.5 Å². The van der Waals surface area contributed by atoms with Gasteiger partial charge in [-0.05, 0) is 54.8 Å². The molecule has 19 heteroatoms. The van der Waals surface area contributed by atoms with Crippen molar-refractivity contribution in [3.8, 4) is 5.75 Å². The van der Waals surface area contributed by atoms with Crippen LogP contribution in [-0.4, -0.2) is 159 Å². The molecule has 3 heterocycles. The Bertz CT molecular complexity index is 1580. The van der Waals surface area contributed by atoms with E-state index in [4.69, 9.17) is 33.2 Å². The van der Waals surface area contributed by atoms with Crippen molar-refractivity contribution < 1.29 is 68.9 Å². The van der Waals surface area contributed by atoms with Gasteiger partial charge in [0, 0.05) is 0 Å². The second-order valence-corrected chi connectivity index (χ2v) is 13.3. The van der Waals surface area contributed by atoms with Crippen molar-refractivity contribution in [2.45, 2.75) is 94.1 Å². The molecular weight excluding hydrogens is 738 g/mol. The largest absolute Gasteiger partial charge is 0.491 e. The lowest BCUT2D eigenvalue weighted by Gasteiger charge is -2.45. The third kappa shape index (κ3) is 12.2. The predicted molar refractivity (Wildman–Crippen MR) is 194 cm³/mol. The molecule has 3 aromatic rings. The van der Waals surface area contributed by atoms with Crippen molar-refractivity contribution in [3.63, 3.8) is 0 Å². The fraction of sp³-hybridized carbons (Fsp3) is 0.622. The van der Waals surface area contributed by atoms with Gasteiger partial charge in [-0.15, -0.1) is 5.10 Å². The van der Waals surface area contributed by atoms with Gasteiger partial charge in [-0.1, -0.05) is 30.7 Å². The van der Waals surface area contributed by atoms with Crippen LogP contribution in [0.1, 0.15) is 37.3 Å². The quantitative estimate of drug-likeness (QED) is 0.0539. The molecule has 2 saturated heterocycles. The summed E-state index contributed by atoms with van der Waals surface area (Å²) in [4.78, 5) is 0. The molecule has 1 aromatic heterocycles. The zero-order valence-corrected chi connectivity index (χ0v) is 31.2. The first-order valence-corrected chi connectivity index (χ1v) is 18.7. The van der Waals surface area contributed by atoms with Crippen molar-refractivity contribution in [3.05, 3.63) is 66.0 Å². The summed E-state index contributed by atoms with van der Waals surface area (Å²) in [5.74, 6) is 0.698. The highest BCUT2D eigenvalue weighted by Gasteiger charge is 2.51. The molecule has 7 N–H and O–H groups in total. The SMILES string of the molecule is CCCCc1ccc(N=Nc2ccc(OCCOCCOCCOCc3cn([C@H]4O[C@H](CO)[C@@H](O[C@H]5O[C@H](CO)[C@@H](O)[C@H](O)[C@H]5O)[C@H](O)[C@H]4O)nn3)cc2)cc1. The van der Waals surface area contributed by atoms with Gasteiger partial charge in [0.25, 0.3) is 0 Å². The lowest BCUT2D eigenvalue weighted by Crippen LogP contribution is -2.63. The summed E-state index contributed by atoms with van der Waals surface area (Å²) >= 11 is 0. The summed E-state index contributed by atoms with van der Waals surface area (Å²) in [6.45, 7) is 2.90. The summed E-state index contributed by atoms with van der Waals surface area (Å²) in [6, 6.07) is 15.5. The van der Waals surface area contributed by atoms with Crippen LogP contribution in [0.25, 0.3) is 0 Å². The molecule has 2 fully saturated rings. The topological polar surface area (TPSA) is 262 Å². The first kappa shape index (κ1) is 43.6. The molecule has 5 rings (SSSR count). The first-order chi connectivity index (χ1) is 27.2. The van der Waals surface area contributed by atoms with Crippen molar-refractivity contribution in [2.75, 3.05) is 52.9 Å². The minimum Gasteiger partial charge on any atom is -0.491 e. The van der Waals surface area contributed by atoms with Crippen molar-refractivity contribution in [1.82, 2.24) is 15.0 Å². The van der Waals surface area contributed by atoms with E-state index in [1.807, 2.05) is 36.4 Å². The highest BCUT2D eigenvalue weighted by Crippen LogP contribution is 2.32. The maximum atomic E-state index is 10.9. The minimum absolute atomic E-state index is 0.0612. The van der Waals surface area contributed by atoms with Crippen LogP contribution in [0, 0.1) is 0 Å². The molecule has 0 saturated carbocycles. The van der Waals surface area contributed by atoms with E-state index in [1.165, 1.54) is 24.6 Å². The summed E-state index contributed by atoms with van der Waals surface area (Å²) in [7, 11) is 0. The molecular formula is C37H53N5O14. The van der Waals surface area contributed by atoms with Gasteiger partial charge in [0.15, 0.2) is 12.5 Å². The number of rotatable bonds is 22. The number of hydrogen-bond acceptors (Lipinski definition) is 18. The van der Waals surface area contributed by atoms with Gasteiger partial charge in [-0.25, -0.2) is 4.68 Å². The van der Waals surface area contributed by atoms with Gasteiger partial charge < -0.3 is 68.9 Å². The third-order valence-corrected chi connectivity index (χ3v) is 9.16. The Hall–Kier alpha value is -3.54. The van der Waals surface area contributed by atoms with Gasteiger partial charge in [0.1, 0.15) is 66.9 Å². The highest BCUT2D eigenvalue weighted by molar-refractivity contribution is 5.43. The smallest absolute Gasteiger partial charge is 0.187 e. The minimum atomic E-state index is -1.76. The molecule has 0 spiro atoms. The Morgan fingerprint density at radius 1 is 0.696 bits per heavy atom. The molecule has 0 unspecified atom stereocenters. The van der Waals surface area contributed by atoms with Gasteiger partial charge in [-0.3, -0.25) is 0 Å². The average molecular weight is 792 g/mol. The second-order valence-electron chi connectivity index (χ2n) is 13.3. The number of hydrogen-bond donors (Lipinski definition) is 7. The molecule has 0 radical (unpaired) electrons. The number of aryl methyl sites for hydroxylation is 1. The fourth-order valence-corrected chi connectivity index (χ4v) is 5.96. The Labute approximate surface area is 324 Å². The number of aliphatic hydroxyl groups excluding tert-OH is 7. The van der Waals surface area contributed by atoms with Crippen LogP contribution in [-0.2, 0) is 41.4 Å². The van der Waals surface area contributed by atoms with E-state index in [9.17, 15) is 35.7 Å². The molecule has 0 aliphatic carbocycles. The molecule has 0 bridgehead atoms. The Balaban J connectivity index is 0.922. The summed E-state index contributed by atoms with van der Waals surface area (Å²) in [5, 5.41) is 88.0. The number of unbranched alkanes of at least 4 members (excludes halogenated alkanes) is 1. The standard InChI is InChI=1S/C37H53N5O14/c1-2-3-4-23-5-7-24(8-6-23)38-39-25-9-11-27(12-10-25)53-18-17-51-14-13-50-15-16-52-22-26-19-42(41-40-26)36-33(48)32(47)35(29(21-44)54-36)56-37-34(49)31(46)30(45)28(20-43)55-37/h5-12,19,28-37,43-49H,2-4,13-18,20-22H2,1H3/t28-,29-,30-,31+,32-,33-,34-,35-,36+,37-/m1/s1. The monoisotopic (exact) mass is 791 g/mol. The Morgan fingerprint density at radius 2 is 1.32 bits per heavy atom. The van der Waals surface area contributed by atoms with Crippen LogP contribution in [0.15, 0.2) is 65.0 Å². The van der Waals surface area contributed by atoms with Crippen LogP contribution < -0.4 is 4.74 Å². The van der Waals surface area contributed by atoms with Crippen LogP contribution in [0.4, 0.5) is 11.4 Å². The maximum Gasteiger partial charge on any atom is 0.187 e. The molecule has 56 heavy (non-hydrogen) atoms. The average Bonchev–Trinajstić information content (AvgIpc) is 3.69. The van der Waals surface area contributed by atoms with E-state index in [2.05, 4.69) is 39.6 Å². The fourth-order valence-electron chi connectivity index (χ4n) is 5.96. The lowest BCUT2D eigenvalue weighted by atomic mass is 9.96. The number of benzene rings is 2. The molecule has 2 aliphatic rings. The van der Waals surface area contributed by atoms with Crippen LogP contribution in [0.2, 0.25) is 0 Å². The Kier molecular flexibility index (Phi) is 17.4. The molecule has 0 amide bonds. The van der Waals surface area contributed by atoms with E-state index in [-0.39, 0.29) is 13.2 Å². The molecule has 2 aliphatic heterocycles. The zero-order chi connectivity index (χ0) is 39.9. The van der Waals surface area contributed by atoms with Gasteiger partial charge in [0.2, 0.25) is 0 Å². The van der Waals surface area contributed by atoms with Crippen LogP contribution >= 0.6 is 0 Å². The molecule has 19 nitrogen and oxygen atoms in total. The number of ether oxygens (including phenoxy) is 7. The lowest BCUT2D eigenvalue weighted by molar-refractivity contribution is -0.347. The number of nitrogens with zero attached hydrogens (tertiary/aromatic N) is 5. The summed E-state index contributed by atoms with van der Waals surface area (Å²) in [5.41, 5.74) is 3.22. The summed E-state index contributed by atoms with van der Waals surface area (Å²) in [6.07, 6.45) is -10.4. The van der Waals surface area contributed by atoms with Crippen LogP contribution in [0.5, 0.6) is 5.75 Å². The summed E-state index contributed by atoms with van der Waals surface area (Å²) < 4.78 is 40.3. The van der Waals surface area contributed by atoms with Crippen molar-refractivity contribution in [1.29, 1.82) is 0 Å². The molecule has 2 aromatic carbocycles. The first-order valence-electron chi connectivity index (χ1n) is 18.7. The molecule has 310 valence electrons. The Morgan fingerprint density at radius 3 is 1.96 bits per heavy atom. The number of aromatic nitrogens is 3. The molecule has 10 atom stereocenters. The van der Waals surface area contributed by atoms with Crippen molar-refractivity contribution in [2.24, 2.45) is 10.2 Å². The number of aliphatic hydroxyl groups is 7. The highest BCUT2D eigenvalue weighted by atomic mass is 16.7. The normalized spacial score (nSPS) is 28.2. The van der Waals surface area contributed by atoms with Gasteiger partial charge >= 0.3 is 0 Å². The van der Waals surface area contributed by atoms with Gasteiger partial charge in [-0.2, -0.15) is 10.2 Å². The van der Waals surface area contributed by atoms with E-state index < -0.39 is 74.6 Å².